The molecule has 0 aromatic carbocycles. The predicted molar refractivity (Wildman–Crippen MR) is 51.2 cm³/mol. The smallest absolute Gasteiger partial charge is 0.330 e. The molecule has 0 fully saturated rings. The Bertz CT molecular complexity index is 173. The second-order valence-electron chi connectivity index (χ2n) is 2.42. The van der Waals surface area contributed by atoms with Gasteiger partial charge in [-0.2, -0.15) is 0 Å². The molecule has 0 N–H and O–H groups in total. The van der Waals surface area contributed by atoms with Crippen LogP contribution in [0.15, 0.2) is 25.0 Å². The summed E-state index contributed by atoms with van der Waals surface area (Å²) >= 11 is 0. The fourth-order valence-corrected chi connectivity index (χ4v) is 0.683. The summed E-state index contributed by atoms with van der Waals surface area (Å²) in [6.45, 7) is 6.28. The zero-order chi connectivity index (χ0) is 9.94. The van der Waals surface area contributed by atoms with Crippen molar-refractivity contribution in [2.24, 2.45) is 0 Å². The van der Waals surface area contributed by atoms with Crippen LogP contribution in [0.5, 0.6) is 0 Å². The van der Waals surface area contributed by atoms with Crippen molar-refractivity contribution in [3.8, 4) is 0 Å². The van der Waals surface area contributed by atoms with Gasteiger partial charge < -0.3 is 9.47 Å². The molecule has 0 saturated heterocycles. The largest absolute Gasteiger partial charge is 0.502 e. The fraction of sp³-hybridized carbons (Fsp3) is 0.500. The average Bonchev–Trinajstić information content (AvgIpc) is 2.16. The van der Waals surface area contributed by atoms with Crippen molar-refractivity contribution < 1.29 is 14.3 Å². The third-order valence-electron chi connectivity index (χ3n) is 1.30. The van der Waals surface area contributed by atoms with E-state index in [1.165, 1.54) is 0 Å². The maximum atomic E-state index is 10.6. The number of carbonyl (C=O) groups excluding carboxylic acids is 1. The number of hydrogen-bond acceptors (Lipinski definition) is 3. The Kier molecular flexibility index (Phi) is 7.99. The highest BCUT2D eigenvalue weighted by Gasteiger charge is 1.94. The highest BCUT2D eigenvalue weighted by Crippen LogP contribution is 1.92. The molecule has 74 valence electrons. The summed E-state index contributed by atoms with van der Waals surface area (Å²) in [7, 11) is 0. The molecular weight excluding hydrogens is 168 g/mol. The van der Waals surface area contributed by atoms with Crippen LogP contribution in [0.3, 0.4) is 0 Å². The molecule has 0 spiro atoms. The van der Waals surface area contributed by atoms with Crippen molar-refractivity contribution in [2.75, 3.05) is 13.2 Å². The fourth-order valence-electron chi connectivity index (χ4n) is 0.683. The minimum absolute atomic E-state index is 0.366. The van der Waals surface area contributed by atoms with E-state index in [2.05, 4.69) is 6.58 Å². The molecule has 0 heterocycles. The SMILES string of the molecule is C=CC(=O)OCCCCO/C=C/C. The van der Waals surface area contributed by atoms with Crippen molar-refractivity contribution in [2.45, 2.75) is 19.8 Å². The third-order valence-corrected chi connectivity index (χ3v) is 1.30. The normalized spacial score (nSPS) is 9.92. The lowest BCUT2D eigenvalue weighted by Crippen LogP contribution is -2.02. The summed E-state index contributed by atoms with van der Waals surface area (Å²) in [5.41, 5.74) is 0. The van der Waals surface area contributed by atoms with E-state index < -0.39 is 0 Å². The Morgan fingerprint density at radius 2 is 2.08 bits per heavy atom. The average molecular weight is 184 g/mol. The van der Waals surface area contributed by atoms with Gasteiger partial charge in [0.05, 0.1) is 19.5 Å². The van der Waals surface area contributed by atoms with Crippen molar-refractivity contribution >= 4 is 5.97 Å². The van der Waals surface area contributed by atoms with Gasteiger partial charge in [0.25, 0.3) is 0 Å². The molecule has 0 bridgehead atoms. The summed E-state index contributed by atoms with van der Waals surface area (Å²) in [6, 6.07) is 0. The summed E-state index contributed by atoms with van der Waals surface area (Å²) in [4.78, 5) is 10.6. The topological polar surface area (TPSA) is 35.5 Å². The number of esters is 1. The van der Waals surface area contributed by atoms with E-state index in [1.54, 1.807) is 6.26 Å². The Balaban J connectivity index is 3.08. The molecule has 0 aliphatic rings. The van der Waals surface area contributed by atoms with E-state index in [9.17, 15) is 4.79 Å². The van der Waals surface area contributed by atoms with Crippen LogP contribution in [0.4, 0.5) is 0 Å². The van der Waals surface area contributed by atoms with Crippen LogP contribution < -0.4 is 0 Å². The molecular formula is C10H16O3. The van der Waals surface area contributed by atoms with Gasteiger partial charge in [0.1, 0.15) is 0 Å². The third kappa shape index (κ3) is 8.66. The van der Waals surface area contributed by atoms with Crippen LogP contribution in [0.1, 0.15) is 19.8 Å². The number of allylic oxidation sites excluding steroid dienone is 1. The van der Waals surface area contributed by atoms with Crippen molar-refractivity contribution in [1.29, 1.82) is 0 Å². The molecule has 0 aliphatic heterocycles. The van der Waals surface area contributed by atoms with Gasteiger partial charge in [0, 0.05) is 6.08 Å². The van der Waals surface area contributed by atoms with Gasteiger partial charge in [0.15, 0.2) is 0 Å². The van der Waals surface area contributed by atoms with Gasteiger partial charge in [-0.3, -0.25) is 0 Å². The molecule has 0 aromatic rings. The van der Waals surface area contributed by atoms with Crippen LogP contribution in [-0.4, -0.2) is 19.2 Å². The first-order chi connectivity index (χ1) is 6.31. The molecule has 3 heteroatoms. The molecule has 0 atom stereocenters. The van der Waals surface area contributed by atoms with Gasteiger partial charge >= 0.3 is 5.97 Å². The van der Waals surface area contributed by atoms with E-state index >= 15 is 0 Å². The Hall–Kier alpha value is -1.25. The van der Waals surface area contributed by atoms with Crippen molar-refractivity contribution in [1.82, 2.24) is 0 Å². The highest BCUT2D eigenvalue weighted by molar-refractivity contribution is 5.81. The first kappa shape index (κ1) is 11.8. The van der Waals surface area contributed by atoms with E-state index in [0.717, 1.165) is 18.9 Å². The Morgan fingerprint density at radius 3 is 2.69 bits per heavy atom. The zero-order valence-electron chi connectivity index (χ0n) is 7.99. The summed E-state index contributed by atoms with van der Waals surface area (Å²) < 4.78 is 9.84. The van der Waals surface area contributed by atoms with Crippen molar-refractivity contribution in [3.63, 3.8) is 0 Å². The monoisotopic (exact) mass is 184 g/mol. The van der Waals surface area contributed by atoms with Crippen LogP contribution in [0, 0.1) is 0 Å². The molecule has 0 amide bonds. The molecule has 0 unspecified atom stereocenters. The number of ether oxygens (including phenoxy) is 2. The number of carbonyl (C=O) groups is 1. The van der Waals surface area contributed by atoms with Gasteiger partial charge in [-0.1, -0.05) is 12.7 Å². The predicted octanol–water partition coefficient (Wildman–Crippen LogP) is 2.05. The lowest BCUT2D eigenvalue weighted by atomic mass is 10.3. The van der Waals surface area contributed by atoms with Crippen LogP contribution in [0.2, 0.25) is 0 Å². The van der Waals surface area contributed by atoms with Crippen LogP contribution in [0.25, 0.3) is 0 Å². The minimum atomic E-state index is -0.366. The minimum Gasteiger partial charge on any atom is -0.502 e. The van der Waals surface area contributed by atoms with E-state index in [4.69, 9.17) is 9.47 Å². The maximum Gasteiger partial charge on any atom is 0.330 e. The summed E-state index contributed by atoms with van der Waals surface area (Å²) in [6.07, 6.45) is 6.34. The quantitative estimate of drug-likeness (QED) is 0.263. The number of hydrogen-bond donors (Lipinski definition) is 0. The zero-order valence-corrected chi connectivity index (χ0v) is 7.99. The second-order valence-corrected chi connectivity index (χ2v) is 2.42. The lowest BCUT2D eigenvalue weighted by Gasteiger charge is -2.01. The van der Waals surface area contributed by atoms with E-state index in [0.29, 0.717) is 13.2 Å². The van der Waals surface area contributed by atoms with Gasteiger partial charge in [-0.05, 0) is 19.8 Å². The lowest BCUT2D eigenvalue weighted by molar-refractivity contribution is -0.137. The van der Waals surface area contributed by atoms with Crippen LogP contribution >= 0.6 is 0 Å². The highest BCUT2D eigenvalue weighted by atomic mass is 16.5. The van der Waals surface area contributed by atoms with E-state index in [-0.39, 0.29) is 5.97 Å². The van der Waals surface area contributed by atoms with Gasteiger partial charge in [0.2, 0.25) is 0 Å². The molecule has 0 rings (SSSR count). The number of unbranched alkanes of at least 4 members (excludes halogenated alkanes) is 1. The molecule has 13 heavy (non-hydrogen) atoms. The molecule has 0 radical (unpaired) electrons. The Morgan fingerprint density at radius 1 is 1.38 bits per heavy atom. The first-order valence-electron chi connectivity index (χ1n) is 4.33. The van der Waals surface area contributed by atoms with Crippen molar-refractivity contribution in [3.05, 3.63) is 25.0 Å². The summed E-state index contributed by atoms with van der Waals surface area (Å²) in [5.74, 6) is -0.366. The first-order valence-corrected chi connectivity index (χ1v) is 4.33. The number of rotatable bonds is 7. The standard InChI is InChI=1S/C10H16O3/c1-3-7-12-8-5-6-9-13-10(11)4-2/h3-4,7H,2,5-6,8-9H2,1H3/b7-3+. The summed E-state index contributed by atoms with van der Waals surface area (Å²) in [5, 5.41) is 0. The van der Waals surface area contributed by atoms with Crippen LogP contribution in [-0.2, 0) is 14.3 Å². The van der Waals surface area contributed by atoms with Gasteiger partial charge in [-0.15, -0.1) is 0 Å². The molecule has 0 aliphatic carbocycles. The Labute approximate surface area is 79.0 Å². The molecule has 0 saturated carbocycles. The van der Waals surface area contributed by atoms with Gasteiger partial charge in [-0.25, -0.2) is 4.79 Å². The molecule has 0 aromatic heterocycles. The van der Waals surface area contributed by atoms with E-state index in [1.807, 2.05) is 13.0 Å². The molecule has 3 nitrogen and oxygen atoms in total. The maximum absolute atomic E-state index is 10.6. The second kappa shape index (κ2) is 8.84.